The number of hydrogen-bond donors (Lipinski definition) is 0. The molecule has 1 aromatic rings. The number of fused-ring (bicyclic) bond motifs is 1. The molecule has 5 nitrogen and oxygen atoms in total. The molecule has 0 unspecified atom stereocenters. The number of likely N-dealkylation sites (tertiary alicyclic amines) is 1. The monoisotopic (exact) mass is 370 g/mol. The Morgan fingerprint density at radius 1 is 1.00 bits per heavy atom. The lowest BCUT2D eigenvalue weighted by Gasteiger charge is -2.47. The Hall–Kier alpha value is -1.43. The number of benzene rings is 1. The first kappa shape index (κ1) is 18.9. The van der Waals surface area contributed by atoms with E-state index in [1.165, 1.54) is 24.0 Å². The van der Waals surface area contributed by atoms with Gasteiger partial charge in [0.1, 0.15) is 0 Å². The van der Waals surface area contributed by atoms with E-state index >= 15 is 0 Å². The quantitative estimate of drug-likeness (QED) is 0.792. The second-order valence-corrected chi connectivity index (χ2v) is 8.85. The van der Waals surface area contributed by atoms with Gasteiger partial charge < -0.3 is 9.80 Å². The molecule has 27 heavy (non-hydrogen) atoms. The summed E-state index contributed by atoms with van der Waals surface area (Å²) in [6, 6.07) is 8.66. The van der Waals surface area contributed by atoms with E-state index in [0.29, 0.717) is 12.5 Å². The van der Waals surface area contributed by atoms with E-state index < -0.39 is 0 Å². The first-order chi connectivity index (χ1) is 13.1. The van der Waals surface area contributed by atoms with Crippen LogP contribution >= 0.6 is 0 Å². The summed E-state index contributed by atoms with van der Waals surface area (Å²) in [7, 11) is 4.47. The highest BCUT2D eigenvalue weighted by atomic mass is 16.2. The average molecular weight is 371 g/mol. The highest BCUT2D eigenvalue weighted by Gasteiger charge is 2.41. The van der Waals surface area contributed by atoms with Gasteiger partial charge in [-0.3, -0.25) is 14.6 Å². The van der Waals surface area contributed by atoms with E-state index in [-0.39, 0.29) is 5.54 Å². The summed E-state index contributed by atoms with van der Waals surface area (Å²) in [6.07, 6.45) is 4.48. The molecule has 0 radical (unpaired) electrons. The van der Waals surface area contributed by atoms with Crippen molar-refractivity contribution in [3.05, 3.63) is 35.4 Å². The fraction of sp³-hybridized carbons (Fsp3) is 0.682. The van der Waals surface area contributed by atoms with E-state index in [4.69, 9.17) is 0 Å². The molecular formula is C22H34N4O. The molecule has 0 aromatic heterocycles. The first-order valence-corrected chi connectivity index (χ1v) is 10.5. The van der Waals surface area contributed by atoms with Crippen LogP contribution in [-0.4, -0.2) is 91.0 Å². The van der Waals surface area contributed by atoms with Crippen LogP contribution < -0.4 is 0 Å². The second kappa shape index (κ2) is 7.90. The van der Waals surface area contributed by atoms with Crippen molar-refractivity contribution in [2.75, 3.05) is 59.9 Å². The summed E-state index contributed by atoms with van der Waals surface area (Å²) < 4.78 is 0. The van der Waals surface area contributed by atoms with Crippen LogP contribution in [0.2, 0.25) is 0 Å². The summed E-state index contributed by atoms with van der Waals surface area (Å²) in [5, 5.41) is 0. The minimum Gasteiger partial charge on any atom is -0.340 e. The second-order valence-electron chi connectivity index (χ2n) is 8.85. The molecule has 1 aromatic carbocycles. The number of likely N-dealkylation sites (N-methyl/N-ethyl adjacent to an activating group) is 1. The van der Waals surface area contributed by atoms with Crippen LogP contribution in [0.1, 0.15) is 30.4 Å². The standard InChI is InChI=1S/C22H34N4O/c1-23-14-9-22(10-15-23)18-26(12-5-11-24(22)2)21(27)17-25-13-8-19-6-3-4-7-20(19)16-25/h3-4,6-7H,5,8-18H2,1-2H3. The SMILES string of the molecule is CN1CCC2(CC1)CN(C(=O)CN1CCc3ccccc3C1)CCCN2C. The maximum atomic E-state index is 13.2. The number of amides is 1. The molecule has 1 spiro atoms. The minimum atomic E-state index is 0.174. The lowest BCUT2D eigenvalue weighted by atomic mass is 9.85. The zero-order valence-corrected chi connectivity index (χ0v) is 17.0. The van der Waals surface area contributed by atoms with Gasteiger partial charge in [0.15, 0.2) is 0 Å². The molecule has 3 heterocycles. The fourth-order valence-electron chi connectivity index (χ4n) is 5.06. The van der Waals surface area contributed by atoms with Crippen molar-refractivity contribution in [1.29, 1.82) is 0 Å². The van der Waals surface area contributed by atoms with Crippen molar-refractivity contribution in [3.8, 4) is 0 Å². The third kappa shape index (κ3) is 4.05. The normalized spacial score (nSPS) is 24.6. The summed E-state index contributed by atoms with van der Waals surface area (Å²) in [6.45, 7) is 7.65. The van der Waals surface area contributed by atoms with E-state index in [0.717, 1.165) is 58.7 Å². The van der Waals surface area contributed by atoms with Gasteiger partial charge >= 0.3 is 0 Å². The summed E-state index contributed by atoms with van der Waals surface area (Å²) in [4.78, 5) is 22.7. The van der Waals surface area contributed by atoms with Crippen LogP contribution in [0.3, 0.4) is 0 Å². The third-order valence-electron chi connectivity index (χ3n) is 7.06. The lowest BCUT2D eigenvalue weighted by molar-refractivity contribution is -0.134. The molecule has 3 aliphatic heterocycles. The van der Waals surface area contributed by atoms with Crippen LogP contribution in [0, 0.1) is 0 Å². The molecule has 148 valence electrons. The van der Waals surface area contributed by atoms with Gasteiger partial charge in [0, 0.05) is 38.3 Å². The van der Waals surface area contributed by atoms with Gasteiger partial charge in [-0.05, 0) is 64.0 Å². The topological polar surface area (TPSA) is 30.0 Å². The third-order valence-corrected chi connectivity index (χ3v) is 7.06. The molecule has 0 atom stereocenters. The molecule has 0 N–H and O–H groups in total. The van der Waals surface area contributed by atoms with Crippen LogP contribution in [0.25, 0.3) is 0 Å². The van der Waals surface area contributed by atoms with Gasteiger partial charge in [0.2, 0.25) is 5.91 Å². The molecule has 3 aliphatic rings. The number of hydrogen-bond acceptors (Lipinski definition) is 4. The van der Waals surface area contributed by atoms with Crippen molar-refractivity contribution in [2.45, 2.75) is 37.8 Å². The number of carbonyl (C=O) groups is 1. The predicted molar refractivity (Wildman–Crippen MR) is 109 cm³/mol. The Morgan fingerprint density at radius 2 is 1.74 bits per heavy atom. The zero-order chi connectivity index (χ0) is 18.9. The maximum Gasteiger partial charge on any atom is 0.236 e. The van der Waals surface area contributed by atoms with Gasteiger partial charge in [-0.2, -0.15) is 0 Å². The largest absolute Gasteiger partial charge is 0.340 e. The Bertz CT molecular complexity index is 668. The summed E-state index contributed by atoms with van der Waals surface area (Å²) in [5.74, 6) is 0.322. The van der Waals surface area contributed by atoms with E-state index in [9.17, 15) is 4.79 Å². The number of rotatable bonds is 2. The van der Waals surface area contributed by atoms with Crippen molar-refractivity contribution in [2.24, 2.45) is 0 Å². The molecule has 2 fully saturated rings. The number of piperidine rings is 1. The molecule has 5 heteroatoms. The highest BCUT2D eigenvalue weighted by molar-refractivity contribution is 5.78. The maximum absolute atomic E-state index is 13.2. The van der Waals surface area contributed by atoms with Crippen molar-refractivity contribution in [1.82, 2.24) is 19.6 Å². The number of carbonyl (C=O) groups excluding carboxylic acids is 1. The van der Waals surface area contributed by atoms with Crippen LogP contribution in [0.15, 0.2) is 24.3 Å². The van der Waals surface area contributed by atoms with E-state index in [2.05, 4.69) is 58.0 Å². The van der Waals surface area contributed by atoms with Crippen LogP contribution in [0.5, 0.6) is 0 Å². The fourth-order valence-corrected chi connectivity index (χ4v) is 5.06. The summed E-state index contributed by atoms with van der Waals surface area (Å²) in [5.41, 5.74) is 3.01. The Morgan fingerprint density at radius 3 is 2.52 bits per heavy atom. The Kier molecular flexibility index (Phi) is 5.53. The molecule has 1 amide bonds. The van der Waals surface area contributed by atoms with Crippen molar-refractivity contribution >= 4 is 5.91 Å². The Labute approximate surface area is 163 Å². The van der Waals surface area contributed by atoms with Crippen molar-refractivity contribution < 1.29 is 4.79 Å². The van der Waals surface area contributed by atoms with Gasteiger partial charge in [0.05, 0.1) is 6.54 Å². The zero-order valence-electron chi connectivity index (χ0n) is 17.0. The molecule has 0 bridgehead atoms. The summed E-state index contributed by atoms with van der Waals surface area (Å²) >= 11 is 0. The molecular weight excluding hydrogens is 336 g/mol. The van der Waals surface area contributed by atoms with Crippen molar-refractivity contribution in [3.63, 3.8) is 0 Å². The minimum absolute atomic E-state index is 0.174. The molecule has 0 saturated carbocycles. The van der Waals surface area contributed by atoms with E-state index in [1.54, 1.807) is 0 Å². The van der Waals surface area contributed by atoms with Gasteiger partial charge in [-0.1, -0.05) is 24.3 Å². The first-order valence-electron chi connectivity index (χ1n) is 10.5. The van der Waals surface area contributed by atoms with Gasteiger partial charge in [-0.15, -0.1) is 0 Å². The molecule has 2 saturated heterocycles. The van der Waals surface area contributed by atoms with E-state index in [1.807, 2.05) is 0 Å². The Balaban J connectivity index is 1.41. The van der Waals surface area contributed by atoms with Gasteiger partial charge in [-0.25, -0.2) is 0 Å². The van der Waals surface area contributed by atoms with Crippen LogP contribution in [-0.2, 0) is 17.8 Å². The smallest absolute Gasteiger partial charge is 0.236 e. The lowest BCUT2D eigenvalue weighted by Crippen LogP contribution is -2.58. The van der Waals surface area contributed by atoms with Gasteiger partial charge in [0.25, 0.3) is 0 Å². The molecule has 4 rings (SSSR count). The highest BCUT2D eigenvalue weighted by Crippen LogP contribution is 2.31. The van der Waals surface area contributed by atoms with Crippen LogP contribution in [0.4, 0.5) is 0 Å². The predicted octanol–water partition coefficient (Wildman–Crippen LogP) is 1.67. The molecule has 0 aliphatic carbocycles. The number of nitrogens with zero attached hydrogens (tertiary/aromatic N) is 4. The average Bonchev–Trinajstić information content (AvgIpc) is 2.84.